The number of rotatable bonds is 4. The number of likely N-dealkylation sites (tertiary alicyclic amines) is 1. The second-order valence-electron chi connectivity index (χ2n) is 6.24. The first kappa shape index (κ1) is 19.2. The van der Waals surface area contributed by atoms with Crippen LogP contribution in [-0.4, -0.2) is 22.8 Å². The maximum Gasteiger partial charge on any atom is 0.416 e. The van der Waals surface area contributed by atoms with Gasteiger partial charge in [-0.15, -0.1) is 0 Å². The molecule has 1 heterocycles. The van der Waals surface area contributed by atoms with Crippen molar-refractivity contribution in [3.63, 3.8) is 0 Å². The molecule has 4 nitrogen and oxygen atoms in total. The first-order chi connectivity index (χ1) is 12.8. The smallest absolute Gasteiger partial charge is 0.326 e. The number of halogens is 4. The van der Waals surface area contributed by atoms with Crippen LogP contribution >= 0.6 is 11.6 Å². The van der Waals surface area contributed by atoms with Gasteiger partial charge in [-0.1, -0.05) is 35.9 Å². The monoisotopic (exact) mass is 396 g/mol. The molecule has 1 fully saturated rings. The molecule has 27 heavy (non-hydrogen) atoms. The van der Waals surface area contributed by atoms with Crippen LogP contribution in [0.5, 0.6) is 0 Å². The minimum Gasteiger partial charge on any atom is -0.326 e. The number of hydrogen-bond acceptors (Lipinski definition) is 2. The molecule has 2 amide bonds. The number of nitrogens with zero attached hydrogens (tertiary/aromatic N) is 1. The van der Waals surface area contributed by atoms with E-state index in [9.17, 15) is 22.8 Å². The lowest BCUT2D eigenvalue weighted by Crippen LogP contribution is -2.41. The number of hydrogen-bond donors (Lipinski definition) is 1. The summed E-state index contributed by atoms with van der Waals surface area (Å²) >= 11 is 6.12. The lowest BCUT2D eigenvalue weighted by Gasteiger charge is -2.24. The molecule has 2 aromatic carbocycles. The van der Waals surface area contributed by atoms with Crippen LogP contribution in [0.25, 0.3) is 0 Å². The van der Waals surface area contributed by atoms with Crippen molar-refractivity contribution in [2.75, 3.05) is 5.32 Å². The number of carbonyl (C=O) groups excluding carboxylic acids is 2. The van der Waals surface area contributed by atoms with Gasteiger partial charge in [-0.2, -0.15) is 13.2 Å². The van der Waals surface area contributed by atoms with Gasteiger partial charge in [0.2, 0.25) is 11.8 Å². The maximum absolute atomic E-state index is 12.8. The molecule has 8 heteroatoms. The predicted octanol–water partition coefficient (Wildman–Crippen LogP) is 4.49. The number of alkyl halides is 3. The van der Waals surface area contributed by atoms with Gasteiger partial charge in [0.15, 0.2) is 0 Å². The lowest BCUT2D eigenvalue weighted by molar-refractivity contribution is -0.137. The molecular formula is C19H16ClF3N2O2. The van der Waals surface area contributed by atoms with Crippen molar-refractivity contribution in [2.45, 2.75) is 31.6 Å². The van der Waals surface area contributed by atoms with Crippen LogP contribution in [0.3, 0.4) is 0 Å². The number of amides is 2. The van der Waals surface area contributed by atoms with Crippen LogP contribution in [0.2, 0.25) is 5.02 Å². The van der Waals surface area contributed by atoms with E-state index >= 15 is 0 Å². The van der Waals surface area contributed by atoms with E-state index in [0.29, 0.717) is 17.0 Å². The molecule has 0 unspecified atom stereocenters. The predicted molar refractivity (Wildman–Crippen MR) is 95.1 cm³/mol. The topological polar surface area (TPSA) is 49.4 Å². The van der Waals surface area contributed by atoms with E-state index in [-0.39, 0.29) is 24.6 Å². The lowest BCUT2D eigenvalue weighted by atomic mass is 10.1. The number of anilines is 1. The fraction of sp³-hybridized carbons (Fsp3) is 0.263. The molecule has 0 spiro atoms. The van der Waals surface area contributed by atoms with Gasteiger partial charge in [-0.3, -0.25) is 9.59 Å². The molecule has 1 N–H and O–H groups in total. The Morgan fingerprint density at radius 2 is 1.93 bits per heavy atom. The third-order valence-electron chi connectivity index (χ3n) is 4.39. The molecule has 2 aromatic rings. The van der Waals surface area contributed by atoms with E-state index in [4.69, 9.17) is 11.6 Å². The number of benzene rings is 2. The van der Waals surface area contributed by atoms with E-state index < -0.39 is 23.7 Å². The summed E-state index contributed by atoms with van der Waals surface area (Å²) in [5, 5.41) is 2.96. The Morgan fingerprint density at radius 3 is 2.63 bits per heavy atom. The van der Waals surface area contributed by atoms with Gasteiger partial charge in [0.1, 0.15) is 6.04 Å². The first-order valence-corrected chi connectivity index (χ1v) is 8.64. The highest BCUT2D eigenvalue weighted by atomic mass is 35.5. The summed E-state index contributed by atoms with van der Waals surface area (Å²) in [6.07, 6.45) is -4.00. The van der Waals surface area contributed by atoms with Gasteiger partial charge in [-0.05, 0) is 36.2 Å². The third-order valence-corrected chi connectivity index (χ3v) is 4.76. The zero-order valence-electron chi connectivity index (χ0n) is 14.1. The van der Waals surface area contributed by atoms with Crippen molar-refractivity contribution in [1.82, 2.24) is 4.90 Å². The molecule has 0 saturated carbocycles. The van der Waals surface area contributed by atoms with Crippen molar-refractivity contribution in [1.29, 1.82) is 0 Å². The Morgan fingerprint density at radius 1 is 1.19 bits per heavy atom. The van der Waals surface area contributed by atoms with Crippen molar-refractivity contribution in [3.05, 3.63) is 64.7 Å². The van der Waals surface area contributed by atoms with E-state index in [1.165, 1.54) is 17.0 Å². The van der Waals surface area contributed by atoms with Gasteiger partial charge in [0.05, 0.1) is 5.56 Å². The highest BCUT2D eigenvalue weighted by Gasteiger charge is 2.36. The van der Waals surface area contributed by atoms with Crippen molar-refractivity contribution in [3.8, 4) is 0 Å². The minimum atomic E-state index is -4.50. The van der Waals surface area contributed by atoms with Crippen LogP contribution in [0.4, 0.5) is 18.9 Å². The zero-order valence-corrected chi connectivity index (χ0v) is 14.8. The van der Waals surface area contributed by atoms with E-state index in [1.807, 2.05) is 0 Å². The molecule has 0 aliphatic carbocycles. The molecule has 1 aliphatic rings. The summed E-state index contributed by atoms with van der Waals surface area (Å²) in [4.78, 5) is 26.2. The molecular weight excluding hydrogens is 381 g/mol. The Bertz CT molecular complexity index is 870. The summed E-state index contributed by atoms with van der Waals surface area (Å²) in [6.45, 7) is 0.166. The third kappa shape index (κ3) is 4.42. The van der Waals surface area contributed by atoms with Crippen molar-refractivity contribution in [2.24, 2.45) is 0 Å². The van der Waals surface area contributed by atoms with Gasteiger partial charge < -0.3 is 10.2 Å². The fourth-order valence-corrected chi connectivity index (χ4v) is 3.21. The second-order valence-corrected chi connectivity index (χ2v) is 6.64. The van der Waals surface area contributed by atoms with Crippen molar-refractivity contribution >= 4 is 29.1 Å². The second kappa shape index (κ2) is 7.60. The Kier molecular flexibility index (Phi) is 5.41. The van der Waals surface area contributed by atoms with E-state index in [0.717, 1.165) is 12.1 Å². The standard InChI is InChI=1S/C19H16ClF3N2O2/c20-15-7-2-1-4-12(15)11-25-16(8-9-17(25)26)18(27)24-14-6-3-5-13(10-14)19(21,22)23/h1-7,10,16H,8-9,11H2,(H,24,27)/t16-/m0/s1. The Labute approximate surface area is 158 Å². The molecule has 0 radical (unpaired) electrons. The first-order valence-electron chi connectivity index (χ1n) is 8.26. The molecule has 0 bridgehead atoms. The van der Waals surface area contributed by atoms with Gasteiger partial charge in [0.25, 0.3) is 0 Å². The van der Waals surface area contributed by atoms with Gasteiger partial charge in [-0.25, -0.2) is 0 Å². The number of carbonyl (C=O) groups is 2. The van der Waals surface area contributed by atoms with Crippen LogP contribution < -0.4 is 5.32 Å². The normalized spacial score (nSPS) is 17.3. The highest BCUT2D eigenvalue weighted by Crippen LogP contribution is 2.31. The summed E-state index contributed by atoms with van der Waals surface area (Å²) in [5.74, 6) is -0.716. The van der Waals surface area contributed by atoms with Gasteiger partial charge >= 0.3 is 6.18 Å². The summed E-state index contributed by atoms with van der Waals surface area (Å²) in [7, 11) is 0. The molecule has 0 aromatic heterocycles. The van der Waals surface area contributed by atoms with Crippen LogP contribution in [0.1, 0.15) is 24.0 Å². The summed E-state index contributed by atoms with van der Waals surface area (Å²) in [6, 6.07) is 10.6. The average molecular weight is 397 g/mol. The quantitative estimate of drug-likeness (QED) is 0.827. The van der Waals surface area contributed by atoms with Gasteiger partial charge in [0, 0.05) is 23.7 Å². The van der Waals surface area contributed by atoms with Crippen molar-refractivity contribution < 1.29 is 22.8 Å². The van der Waals surface area contributed by atoms with E-state index in [1.54, 1.807) is 24.3 Å². The molecule has 142 valence electrons. The summed E-state index contributed by atoms with van der Waals surface area (Å²) in [5.41, 5.74) is -0.117. The average Bonchev–Trinajstić information content (AvgIpc) is 2.97. The Hall–Kier alpha value is -2.54. The fourth-order valence-electron chi connectivity index (χ4n) is 3.01. The SMILES string of the molecule is O=C(Nc1cccc(C(F)(F)F)c1)[C@@H]1CCC(=O)N1Cc1ccccc1Cl. The Balaban J connectivity index is 1.75. The maximum atomic E-state index is 12.8. The van der Waals surface area contributed by atoms with Crippen LogP contribution in [0.15, 0.2) is 48.5 Å². The molecule has 1 aliphatic heterocycles. The minimum absolute atomic E-state index is 0.0341. The zero-order chi connectivity index (χ0) is 19.6. The number of nitrogens with one attached hydrogen (secondary N) is 1. The highest BCUT2D eigenvalue weighted by molar-refractivity contribution is 6.31. The van der Waals surface area contributed by atoms with Crippen LogP contribution in [0, 0.1) is 0 Å². The molecule has 1 atom stereocenters. The summed E-state index contributed by atoms with van der Waals surface area (Å²) < 4.78 is 38.5. The largest absolute Gasteiger partial charge is 0.416 e. The van der Waals surface area contributed by atoms with E-state index in [2.05, 4.69) is 5.32 Å². The molecule has 1 saturated heterocycles. The van der Waals surface area contributed by atoms with Crippen LogP contribution in [-0.2, 0) is 22.3 Å². The molecule has 3 rings (SSSR count).